The summed E-state index contributed by atoms with van der Waals surface area (Å²) < 4.78 is 7.59. The van der Waals surface area contributed by atoms with Gasteiger partial charge in [-0.3, -0.25) is 4.68 Å². The van der Waals surface area contributed by atoms with Gasteiger partial charge in [-0.1, -0.05) is 0 Å². The maximum absolute atomic E-state index is 5.77. The lowest BCUT2D eigenvalue weighted by atomic mass is 10.0. The fourth-order valence-corrected chi connectivity index (χ4v) is 2.40. The molecule has 0 aliphatic rings. The molecular formula is C16H23N3O. The van der Waals surface area contributed by atoms with E-state index in [1.165, 1.54) is 5.56 Å². The monoisotopic (exact) mass is 273 g/mol. The highest BCUT2D eigenvalue weighted by Gasteiger charge is 2.12. The molecule has 4 heteroatoms. The van der Waals surface area contributed by atoms with Crippen LogP contribution < -0.4 is 10.5 Å². The van der Waals surface area contributed by atoms with E-state index in [-0.39, 0.29) is 0 Å². The van der Waals surface area contributed by atoms with Crippen molar-refractivity contribution in [3.8, 4) is 17.0 Å². The van der Waals surface area contributed by atoms with Gasteiger partial charge in [0.1, 0.15) is 5.75 Å². The minimum absolute atomic E-state index is 0.510. The SMILES string of the molecule is CCOc1cc(C)c(-c2cc(CN)n(CC)n2)cc1C. The van der Waals surface area contributed by atoms with Gasteiger partial charge in [0.15, 0.2) is 0 Å². The zero-order valence-corrected chi connectivity index (χ0v) is 12.7. The fraction of sp³-hybridized carbons (Fsp3) is 0.438. The zero-order valence-electron chi connectivity index (χ0n) is 12.7. The van der Waals surface area contributed by atoms with Crippen molar-refractivity contribution in [1.29, 1.82) is 0 Å². The third-order valence-electron chi connectivity index (χ3n) is 3.47. The van der Waals surface area contributed by atoms with Gasteiger partial charge in [-0.15, -0.1) is 0 Å². The molecule has 0 bridgehead atoms. The number of hydrogen-bond acceptors (Lipinski definition) is 3. The molecule has 0 radical (unpaired) electrons. The van der Waals surface area contributed by atoms with Gasteiger partial charge in [-0.2, -0.15) is 5.10 Å². The summed E-state index contributed by atoms with van der Waals surface area (Å²) in [6.45, 7) is 10.3. The largest absolute Gasteiger partial charge is 0.494 e. The Labute approximate surface area is 120 Å². The highest BCUT2D eigenvalue weighted by Crippen LogP contribution is 2.30. The van der Waals surface area contributed by atoms with Gasteiger partial charge < -0.3 is 10.5 Å². The zero-order chi connectivity index (χ0) is 14.7. The summed E-state index contributed by atoms with van der Waals surface area (Å²) in [5.74, 6) is 0.947. The molecule has 0 saturated heterocycles. The van der Waals surface area contributed by atoms with E-state index in [0.717, 1.165) is 34.8 Å². The Morgan fingerprint density at radius 3 is 2.45 bits per heavy atom. The second-order valence-electron chi connectivity index (χ2n) is 4.91. The van der Waals surface area contributed by atoms with Gasteiger partial charge in [0.05, 0.1) is 18.0 Å². The van der Waals surface area contributed by atoms with Crippen molar-refractivity contribution >= 4 is 0 Å². The van der Waals surface area contributed by atoms with Gasteiger partial charge in [-0.05, 0) is 57.0 Å². The van der Waals surface area contributed by atoms with Gasteiger partial charge >= 0.3 is 0 Å². The molecule has 0 unspecified atom stereocenters. The van der Waals surface area contributed by atoms with Crippen molar-refractivity contribution in [1.82, 2.24) is 9.78 Å². The lowest BCUT2D eigenvalue weighted by Crippen LogP contribution is -2.06. The van der Waals surface area contributed by atoms with E-state index >= 15 is 0 Å². The molecule has 108 valence electrons. The van der Waals surface area contributed by atoms with Gasteiger partial charge in [0.25, 0.3) is 0 Å². The topological polar surface area (TPSA) is 53.1 Å². The van der Waals surface area contributed by atoms with Gasteiger partial charge in [0.2, 0.25) is 0 Å². The van der Waals surface area contributed by atoms with E-state index < -0.39 is 0 Å². The second-order valence-corrected chi connectivity index (χ2v) is 4.91. The molecule has 2 aromatic rings. The van der Waals surface area contributed by atoms with Crippen molar-refractivity contribution in [3.63, 3.8) is 0 Å². The lowest BCUT2D eigenvalue weighted by Gasteiger charge is -2.11. The Bertz CT molecular complexity index is 581. The molecule has 1 heterocycles. The number of nitrogens with two attached hydrogens (primary N) is 1. The number of ether oxygens (including phenoxy) is 1. The average Bonchev–Trinajstić information content (AvgIpc) is 2.85. The molecule has 0 saturated carbocycles. The third-order valence-corrected chi connectivity index (χ3v) is 3.47. The number of rotatable bonds is 5. The molecule has 2 N–H and O–H groups in total. The number of nitrogens with zero attached hydrogens (tertiary/aromatic N) is 2. The maximum atomic E-state index is 5.77. The molecule has 1 aromatic heterocycles. The van der Waals surface area contributed by atoms with Crippen LogP contribution in [-0.4, -0.2) is 16.4 Å². The third kappa shape index (κ3) is 2.70. The number of benzene rings is 1. The van der Waals surface area contributed by atoms with Crippen LogP contribution in [0.1, 0.15) is 30.7 Å². The first kappa shape index (κ1) is 14.6. The van der Waals surface area contributed by atoms with E-state index in [1.807, 2.05) is 11.6 Å². The summed E-state index contributed by atoms with van der Waals surface area (Å²) in [6.07, 6.45) is 0. The molecule has 2 rings (SSSR count). The molecule has 1 aromatic carbocycles. The Hall–Kier alpha value is -1.81. The molecular weight excluding hydrogens is 250 g/mol. The van der Waals surface area contributed by atoms with E-state index in [4.69, 9.17) is 10.5 Å². The van der Waals surface area contributed by atoms with Crippen LogP contribution in [0.2, 0.25) is 0 Å². The van der Waals surface area contributed by atoms with E-state index in [2.05, 4.69) is 44.1 Å². The van der Waals surface area contributed by atoms with Crippen LogP contribution in [0.5, 0.6) is 5.75 Å². The quantitative estimate of drug-likeness (QED) is 0.911. The normalized spacial score (nSPS) is 10.8. The molecule has 4 nitrogen and oxygen atoms in total. The molecule has 0 aliphatic heterocycles. The number of hydrogen-bond donors (Lipinski definition) is 1. The summed E-state index contributed by atoms with van der Waals surface area (Å²) in [4.78, 5) is 0. The summed E-state index contributed by atoms with van der Waals surface area (Å²) in [5.41, 5.74) is 11.3. The van der Waals surface area contributed by atoms with E-state index in [1.54, 1.807) is 0 Å². The Balaban J connectivity index is 2.47. The van der Waals surface area contributed by atoms with Crippen LogP contribution >= 0.6 is 0 Å². The molecule has 0 aliphatic carbocycles. The van der Waals surface area contributed by atoms with Crippen molar-refractivity contribution < 1.29 is 4.74 Å². The highest BCUT2D eigenvalue weighted by atomic mass is 16.5. The Morgan fingerprint density at radius 1 is 1.15 bits per heavy atom. The predicted octanol–water partition coefficient (Wildman–Crippen LogP) is 3.04. The Kier molecular flexibility index (Phi) is 4.45. The van der Waals surface area contributed by atoms with Crippen LogP contribution in [-0.2, 0) is 13.1 Å². The van der Waals surface area contributed by atoms with Crippen LogP contribution in [0.15, 0.2) is 18.2 Å². The maximum Gasteiger partial charge on any atom is 0.122 e. The first-order chi connectivity index (χ1) is 9.60. The fourth-order valence-electron chi connectivity index (χ4n) is 2.40. The molecule has 0 atom stereocenters. The summed E-state index contributed by atoms with van der Waals surface area (Å²) >= 11 is 0. The summed E-state index contributed by atoms with van der Waals surface area (Å²) in [5, 5.41) is 4.64. The average molecular weight is 273 g/mol. The van der Waals surface area contributed by atoms with Crippen molar-refractivity contribution in [3.05, 3.63) is 35.0 Å². The van der Waals surface area contributed by atoms with E-state index in [0.29, 0.717) is 13.2 Å². The number of aromatic nitrogens is 2. The number of aryl methyl sites for hydroxylation is 3. The summed E-state index contributed by atoms with van der Waals surface area (Å²) in [6, 6.07) is 6.30. The molecule has 0 spiro atoms. The minimum atomic E-state index is 0.510. The van der Waals surface area contributed by atoms with Crippen molar-refractivity contribution in [2.75, 3.05) is 6.61 Å². The van der Waals surface area contributed by atoms with Crippen molar-refractivity contribution in [2.24, 2.45) is 5.73 Å². The van der Waals surface area contributed by atoms with Crippen LogP contribution in [0.3, 0.4) is 0 Å². The van der Waals surface area contributed by atoms with Crippen LogP contribution in [0.25, 0.3) is 11.3 Å². The predicted molar refractivity (Wildman–Crippen MR) is 81.9 cm³/mol. The summed E-state index contributed by atoms with van der Waals surface area (Å²) in [7, 11) is 0. The molecule has 0 fully saturated rings. The van der Waals surface area contributed by atoms with Crippen LogP contribution in [0.4, 0.5) is 0 Å². The first-order valence-corrected chi connectivity index (χ1v) is 7.11. The first-order valence-electron chi connectivity index (χ1n) is 7.11. The van der Waals surface area contributed by atoms with Crippen LogP contribution in [0, 0.1) is 13.8 Å². The smallest absolute Gasteiger partial charge is 0.122 e. The van der Waals surface area contributed by atoms with Gasteiger partial charge in [-0.25, -0.2) is 0 Å². The van der Waals surface area contributed by atoms with Gasteiger partial charge in [0, 0.05) is 18.7 Å². The van der Waals surface area contributed by atoms with Crippen molar-refractivity contribution in [2.45, 2.75) is 40.8 Å². The minimum Gasteiger partial charge on any atom is -0.494 e. The lowest BCUT2D eigenvalue weighted by molar-refractivity contribution is 0.337. The second kappa shape index (κ2) is 6.09. The molecule has 0 amide bonds. The van der Waals surface area contributed by atoms with E-state index in [9.17, 15) is 0 Å². The standard InChI is InChI=1S/C16H23N3O/c1-5-19-13(10-17)9-15(18-19)14-7-12(4)16(20-6-2)8-11(14)3/h7-9H,5-6,10,17H2,1-4H3. The highest BCUT2D eigenvalue weighted by molar-refractivity contribution is 5.66. The molecule has 20 heavy (non-hydrogen) atoms. The Morgan fingerprint density at radius 2 is 1.90 bits per heavy atom.